The summed E-state index contributed by atoms with van der Waals surface area (Å²) in [4.78, 5) is 0. The van der Waals surface area contributed by atoms with Crippen LogP contribution in [-0.2, 0) is 0 Å². The van der Waals surface area contributed by atoms with Crippen LogP contribution in [0.25, 0.3) is 0 Å². The summed E-state index contributed by atoms with van der Waals surface area (Å²) in [6, 6.07) is 0. The molecule has 0 rings (SSSR count). The average molecular weight is 179 g/mol. The van der Waals surface area contributed by atoms with Crippen molar-refractivity contribution < 1.29 is 0 Å². The number of rotatable bonds is 2. The monoisotopic (exact) mass is 178 g/mol. The van der Waals surface area contributed by atoms with Crippen molar-refractivity contribution in [2.24, 2.45) is 0 Å². The second-order valence-electron chi connectivity index (χ2n) is 2.41. The first kappa shape index (κ1) is 10.1. The lowest BCUT2D eigenvalue weighted by atomic mass is 10.2. The van der Waals surface area contributed by atoms with Crippen LogP contribution >= 0.6 is 23.2 Å². The zero-order valence-electron chi connectivity index (χ0n) is 6.54. The molecule has 0 amide bonds. The number of halogens is 2. The van der Waals surface area contributed by atoms with Crippen molar-refractivity contribution in [3.63, 3.8) is 0 Å². The molecule has 0 fully saturated rings. The Labute approximate surface area is 72.5 Å². The molecule has 2 heteroatoms. The second kappa shape index (κ2) is 4.81. The van der Waals surface area contributed by atoms with Gasteiger partial charge in [-0.15, -0.1) is 11.6 Å². The molecule has 0 bridgehead atoms. The molecule has 10 heavy (non-hydrogen) atoms. The number of hydrogen-bond acceptors (Lipinski definition) is 0. The molecule has 0 radical (unpaired) electrons. The van der Waals surface area contributed by atoms with E-state index < -0.39 is 0 Å². The largest absolute Gasteiger partial charge is 0.122 e. The van der Waals surface area contributed by atoms with Gasteiger partial charge in [0.1, 0.15) is 0 Å². The molecule has 0 aliphatic carbocycles. The Bertz CT molecular complexity index is 158. The standard InChI is InChI=1S/C8H12Cl2/c1-6(2)4-8(5-9)7(3)10/h4H,5H2,1-3H3/b8-7-. The van der Waals surface area contributed by atoms with Crippen LogP contribution in [0.15, 0.2) is 22.3 Å². The van der Waals surface area contributed by atoms with E-state index in [2.05, 4.69) is 0 Å². The summed E-state index contributed by atoms with van der Waals surface area (Å²) in [5, 5.41) is 0.774. The fraction of sp³-hybridized carbons (Fsp3) is 0.500. The van der Waals surface area contributed by atoms with Crippen LogP contribution in [0.3, 0.4) is 0 Å². The lowest BCUT2D eigenvalue weighted by molar-refractivity contribution is 1.33. The normalized spacial score (nSPS) is 12.5. The van der Waals surface area contributed by atoms with Crippen LogP contribution in [0.1, 0.15) is 20.8 Å². The lowest BCUT2D eigenvalue weighted by Crippen LogP contribution is -1.82. The smallest absolute Gasteiger partial charge is 0.0485 e. The summed E-state index contributed by atoms with van der Waals surface area (Å²) in [5.41, 5.74) is 2.22. The summed E-state index contributed by atoms with van der Waals surface area (Å²) >= 11 is 11.4. The number of alkyl halides is 1. The molecule has 0 atom stereocenters. The maximum absolute atomic E-state index is 5.74. The third kappa shape index (κ3) is 3.97. The van der Waals surface area contributed by atoms with Gasteiger partial charge in [0.15, 0.2) is 0 Å². The maximum atomic E-state index is 5.74. The molecule has 0 aromatic heterocycles. The van der Waals surface area contributed by atoms with Crippen molar-refractivity contribution >= 4 is 23.2 Å². The lowest BCUT2D eigenvalue weighted by Gasteiger charge is -1.97. The van der Waals surface area contributed by atoms with Gasteiger partial charge in [-0.25, -0.2) is 0 Å². The van der Waals surface area contributed by atoms with Crippen LogP contribution < -0.4 is 0 Å². The SMILES string of the molecule is CC(C)=C/C(CCl)=C(\C)Cl. The Morgan fingerprint density at radius 3 is 1.90 bits per heavy atom. The van der Waals surface area contributed by atoms with Gasteiger partial charge in [0.25, 0.3) is 0 Å². The first-order valence-electron chi connectivity index (χ1n) is 3.14. The van der Waals surface area contributed by atoms with E-state index in [9.17, 15) is 0 Å². The minimum atomic E-state index is 0.487. The molecule has 0 aromatic carbocycles. The Balaban J connectivity index is 4.40. The number of hydrogen-bond donors (Lipinski definition) is 0. The highest BCUT2D eigenvalue weighted by molar-refractivity contribution is 6.30. The Morgan fingerprint density at radius 2 is 1.80 bits per heavy atom. The highest BCUT2D eigenvalue weighted by Gasteiger charge is 1.93. The van der Waals surface area contributed by atoms with E-state index >= 15 is 0 Å². The van der Waals surface area contributed by atoms with E-state index in [0.717, 1.165) is 10.6 Å². The fourth-order valence-electron chi connectivity index (χ4n) is 0.579. The third-order valence-electron chi connectivity index (χ3n) is 1.05. The van der Waals surface area contributed by atoms with Gasteiger partial charge in [-0.3, -0.25) is 0 Å². The molecule has 0 spiro atoms. The van der Waals surface area contributed by atoms with Gasteiger partial charge < -0.3 is 0 Å². The maximum Gasteiger partial charge on any atom is 0.0485 e. The Morgan fingerprint density at radius 1 is 1.30 bits per heavy atom. The van der Waals surface area contributed by atoms with Crippen LogP contribution in [0, 0.1) is 0 Å². The molecule has 0 aliphatic rings. The van der Waals surface area contributed by atoms with E-state index in [0.29, 0.717) is 5.88 Å². The van der Waals surface area contributed by atoms with Crippen molar-refractivity contribution in [1.82, 2.24) is 0 Å². The Kier molecular flexibility index (Phi) is 4.84. The van der Waals surface area contributed by atoms with Gasteiger partial charge >= 0.3 is 0 Å². The van der Waals surface area contributed by atoms with E-state index in [-0.39, 0.29) is 0 Å². The molecule has 0 N–H and O–H groups in total. The summed E-state index contributed by atoms with van der Waals surface area (Å²) in [6.45, 7) is 5.89. The molecule has 58 valence electrons. The summed E-state index contributed by atoms with van der Waals surface area (Å²) in [6.07, 6.45) is 2.00. The van der Waals surface area contributed by atoms with Crippen molar-refractivity contribution in [1.29, 1.82) is 0 Å². The minimum absolute atomic E-state index is 0.487. The predicted octanol–water partition coefficient (Wildman–Crippen LogP) is 3.70. The first-order valence-corrected chi connectivity index (χ1v) is 4.05. The van der Waals surface area contributed by atoms with Crippen LogP contribution in [-0.4, -0.2) is 5.88 Å². The van der Waals surface area contributed by atoms with Gasteiger partial charge in [-0.2, -0.15) is 0 Å². The quantitative estimate of drug-likeness (QED) is 0.447. The molecule has 0 nitrogen and oxygen atoms in total. The molecule has 0 unspecified atom stereocenters. The zero-order valence-corrected chi connectivity index (χ0v) is 8.05. The summed E-state index contributed by atoms with van der Waals surface area (Å²) < 4.78 is 0. The number of allylic oxidation sites excluding steroid dienone is 4. The van der Waals surface area contributed by atoms with Gasteiger partial charge in [-0.1, -0.05) is 23.3 Å². The minimum Gasteiger partial charge on any atom is -0.122 e. The summed E-state index contributed by atoms with van der Waals surface area (Å²) in [5.74, 6) is 0.487. The van der Waals surface area contributed by atoms with Gasteiger partial charge in [0.05, 0.1) is 0 Å². The van der Waals surface area contributed by atoms with Crippen LogP contribution in [0.4, 0.5) is 0 Å². The van der Waals surface area contributed by atoms with Crippen LogP contribution in [0.2, 0.25) is 0 Å². The molecule has 0 saturated heterocycles. The van der Waals surface area contributed by atoms with Gasteiger partial charge in [-0.05, 0) is 26.3 Å². The van der Waals surface area contributed by atoms with E-state index in [1.807, 2.05) is 26.8 Å². The summed E-state index contributed by atoms with van der Waals surface area (Å²) in [7, 11) is 0. The van der Waals surface area contributed by atoms with Crippen molar-refractivity contribution in [3.8, 4) is 0 Å². The second-order valence-corrected chi connectivity index (χ2v) is 3.25. The highest BCUT2D eigenvalue weighted by atomic mass is 35.5. The molecule has 0 aromatic rings. The first-order chi connectivity index (χ1) is 4.57. The topological polar surface area (TPSA) is 0 Å². The van der Waals surface area contributed by atoms with E-state index in [1.165, 1.54) is 5.57 Å². The molecular weight excluding hydrogens is 167 g/mol. The molecule has 0 aliphatic heterocycles. The predicted molar refractivity (Wildman–Crippen MR) is 48.7 cm³/mol. The Hall–Kier alpha value is 0.0600. The van der Waals surface area contributed by atoms with Gasteiger partial charge in [0, 0.05) is 10.9 Å². The average Bonchev–Trinajstić information content (AvgIpc) is 1.81. The molecule has 0 saturated carbocycles. The van der Waals surface area contributed by atoms with Crippen molar-refractivity contribution in [2.45, 2.75) is 20.8 Å². The van der Waals surface area contributed by atoms with Crippen molar-refractivity contribution in [2.75, 3.05) is 5.88 Å². The van der Waals surface area contributed by atoms with E-state index in [4.69, 9.17) is 23.2 Å². The third-order valence-corrected chi connectivity index (χ3v) is 1.58. The zero-order chi connectivity index (χ0) is 8.15. The molecule has 0 heterocycles. The van der Waals surface area contributed by atoms with E-state index in [1.54, 1.807) is 0 Å². The van der Waals surface area contributed by atoms with Crippen molar-refractivity contribution in [3.05, 3.63) is 22.3 Å². The van der Waals surface area contributed by atoms with Gasteiger partial charge in [0.2, 0.25) is 0 Å². The highest BCUT2D eigenvalue weighted by Crippen LogP contribution is 2.13. The van der Waals surface area contributed by atoms with Crippen LogP contribution in [0.5, 0.6) is 0 Å². The fourth-order valence-corrected chi connectivity index (χ4v) is 1.05. The molecular formula is C8H12Cl2.